The van der Waals surface area contributed by atoms with Crippen molar-refractivity contribution in [3.8, 4) is 5.75 Å². The predicted molar refractivity (Wildman–Crippen MR) is 124 cm³/mol. The number of nitrogens with one attached hydrogen (secondary N) is 3. The molecule has 0 aliphatic heterocycles. The number of benzene rings is 2. The highest BCUT2D eigenvalue weighted by atomic mass is 16.5. The monoisotopic (exact) mass is 437 g/mol. The number of anilines is 2. The van der Waals surface area contributed by atoms with Crippen molar-refractivity contribution >= 4 is 34.2 Å². The number of amides is 2. The fourth-order valence-electron chi connectivity index (χ4n) is 3.07. The van der Waals surface area contributed by atoms with Crippen LogP contribution in [0.15, 0.2) is 57.7 Å². The quantitative estimate of drug-likeness (QED) is 0.417. The highest BCUT2D eigenvalue weighted by Gasteiger charge is 2.13. The van der Waals surface area contributed by atoms with Gasteiger partial charge in [0.1, 0.15) is 11.3 Å². The molecule has 32 heavy (non-hydrogen) atoms. The summed E-state index contributed by atoms with van der Waals surface area (Å²) >= 11 is 0. The molecule has 3 N–H and O–H groups in total. The van der Waals surface area contributed by atoms with Crippen molar-refractivity contribution < 1.29 is 18.7 Å². The average molecular weight is 437 g/mol. The van der Waals surface area contributed by atoms with Gasteiger partial charge in [0.25, 0.3) is 5.91 Å². The van der Waals surface area contributed by atoms with Crippen LogP contribution in [0.1, 0.15) is 36.7 Å². The zero-order valence-electron chi connectivity index (χ0n) is 18.2. The van der Waals surface area contributed by atoms with E-state index in [4.69, 9.17) is 9.15 Å². The van der Waals surface area contributed by atoms with E-state index in [1.807, 2.05) is 12.1 Å². The van der Waals surface area contributed by atoms with E-state index < -0.39 is 5.91 Å². The summed E-state index contributed by atoms with van der Waals surface area (Å²) in [5.74, 6) is 0.00441. The number of hydrogen-bond donors (Lipinski definition) is 3. The number of hydrogen-bond acceptors (Lipinski definition) is 6. The van der Waals surface area contributed by atoms with Gasteiger partial charge in [-0.05, 0) is 48.9 Å². The molecule has 0 fully saturated rings. The standard InChI is InChI=1S/C24H27N3O5/c1-3-4-5-23(29)26-13-12-25-16-6-8-17(9-7-16)27-24(30)22-15-20(28)19-14-18(31-2)10-11-21(19)32-22/h6-11,14-15,25H,3-5,12-13H2,1-2H3,(H,26,29)(H,27,30). The lowest BCUT2D eigenvalue weighted by atomic mass is 10.2. The molecule has 0 spiro atoms. The zero-order chi connectivity index (χ0) is 22.9. The van der Waals surface area contributed by atoms with Crippen LogP contribution in [0.3, 0.4) is 0 Å². The summed E-state index contributed by atoms with van der Waals surface area (Å²) in [7, 11) is 1.51. The van der Waals surface area contributed by atoms with Crippen LogP contribution in [0, 0.1) is 0 Å². The third-order valence-electron chi connectivity index (χ3n) is 4.83. The molecule has 8 heteroatoms. The van der Waals surface area contributed by atoms with E-state index >= 15 is 0 Å². The highest BCUT2D eigenvalue weighted by Crippen LogP contribution is 2.20. The van der Waals surface area contributed by atoms with Crippen molar-refractivity contribution in [2.24, 2.45) is 0 Å². The number of carbonyl (C=O) groups excluding carboxylic acids is 2. The van der Waals surface area contributed by atoms with Crippen molar-refractivity contribution in [1.29, 1.82) is 0 Å². The molecular formula is C24H27N3O5. The van der Waals surface area contributed by atoms with E-state index in [1.165, 1.54) is 13.2 Å². The molecule has 3 rings (SSSR count). The van der Waals surface area contributed by atoms with Crippen LogP contribution in [-0.4, -0.2) is 32.0 Å². The minimum Gasteiger partial charge on any atom is -0.497 e. The Balaban J connectivity index is 1.55. The van der Waals surface area contributed by atoms with Crippen LogP contribution in [-0.2, 0) is 4.79 Å². The van der Waals surface area contributed by atoms with Gasteiger partial charge in [0.05, 0.1) is 12.5 Å². The van der Waals surface area contributed by atoms with Gasteiger partial charge in [-0.25, -0.2) is 0 Å². The maximum Gasteiger partial charge on any atom is 0.291 e. The average Bonchev–Trinajstić information content (AvgIpc) is 2.81. The minimum absolute atomic E-state index is 0.0613. The van der Waals surface area contributed by atoms with Crippen molar-refractivity contribution in [2.75, 3.05) is 30.8 Å². The fraction of sp³-hybridized carbons (Fsp3) is 0.292. The van der Waals surface area contributed by atoms with Crippen LogP contribution >= 0.6 is 0 Å². The lowest BCUT2D eigenvalue weighted by Crippen LogP contribution is -2.28. The first-order valence-corrected chi connectivity index (χ1v) is 10.5. The Hall–Kier alpha value is -3.81. The summed E-state index contributed by atoms with van der Waals surface area (Å²) < 4.78 is 10.7. The Morgan fingerprint density at radius 3 is 2.47 bits per heavy atom. The van der Waals surface area contributed by atoms with E-state index in [-0.39, 0.29) is 17.1 Å². The second-order valence-electron chi connectivity index (χ2n) is 7.25. The number of methoxy groups -OCH3 is 1. The molecule has 0 unspecified atom stereocenters. The number of ether oxygens (including phenoxy) is 1. The van der Waals surface area contributed by atoms with E-state index in [2.05, 4.69) is 22.9 Å². The Morgan fingerprint density at radius 2 is 1.75 bits per heavy atom. The van der Waals surface area contributed by atoms with Crippen molar-refractivity contribution in [3.63, 3.8) is 0 Å². The van der Waals surface area contributed by atoms with Gasteiger partial charge in [0, 0.05) is 37.0 Å². The maximum atomic E-state index is 12.5. The highest BCUT2D eigenvalue weighted by molar-refractivity contribution is 6.03. The Bertz CT molecular complexity index is 1140. The summed E-state index contributed by atoms with van der Waals surface area (Å²) in [5, 5.41) is 9.14. The van der Waals surface area contributed by atoms with E-state index in [9.17, 15) is 14.4 Å². The summed E-state index contributed by atoms with van der Waals surface area (Å²) in [4.78, 5) is 36.5. The number of carbonyl (C=O) groups is 2. The van der Waals surface area contributed by atoms with Gasteiger partial charge >= 0.3 is 0 Å². The SMILES string of the molecule is CCCCC(=O)NCCNc1ccc(NC(=O)c2cc(=O)c3cc(OC)ccc3o2)cc1. The van der Waals surface area contributed by atoms with E-state index in [0.29, 0.717) is 41.9 Å². The number of fused-ring (bicyclic) bond motifs is 1. The normalized spacial score (nSPS) is 10.6. The van der Waals surface area contributed by atoms with Gasteiger partial charge in [0.15, 0.2) is 11.2 Å². The molecule has 2 amide bonds. The molecule has 0 saturated heterocycles. The molecule has 8 nitrogen and oxygen atoms in total. The topological polar surface area (TPSA) is 110 Å². The molecule has 1 heterocycles. The van der Waals surface area contributed by atoms with E-state index in [0.717, 1.165) is 18.5 Å². The van der Waals surface area contributed by atoms with Crippen LogP contribution in [0.5, 0.6) is 5.75 Å². The molecular weight excluding hydrogens is 410 g/mol. The molecule has 0 radical (unpaired) electrons. The molecule has 2 aromatic carbocycles. The summed E-state index contributed by atoms with van der Waals surface area (Å²) in [6.45, 7) is 3.18. The molecule has 1 aromatic heterocycles. The lowest BCUT2D eigenvalue weighted by Gasteiger charge is -2.10. The van der Waals surface area contributed by atoms with Gasteiger partial charge < -0.3 is 25.1 Å². The fourth-order valence-corrected chi connectivity index (χ4v) is 3.07. The first-order valence-electron chi connectivity index (χ1n) is 10.5. The van der Waals surface area contributed by atoms with Crippen molar-refractivity contribution in [2.45, 2.75) is 26.2 Å². The van der Waals surface area contributed by atoms with Gasteiger partial charge in [0.2, 0.25) is 5.91 Å². The summed E-state index contributed by atoms with van der Waals surface area (Å²) in [6, 6.07) is 13.1. The van der Waals surface area contributed by atoms with Crippen molar-refractivity contribution in [1.82, 2.24) is 5.32 Å². The van der Waals surface area contributed by atoms with E-state index in [1.54, 1.807) is 30.3 Å². The summed E-state index contributed by atoms with van der Waals surface area (Å²) in [5.41, 5.74) is 1.41. The Morgan fingerprint density at radius 1 is 1.00 bits per heavy atom. The minimum atomic E-state index is -0.518. The number of unbranched alkanes of at least 4 members (excludes halogenated alkanes) is 1. The zero-order valence-corrected chi connectivity index (χ0v) is 18.2. The Kier molecular flexibility index (Phi) is 7.85. The predicted octanol–water partition coefficient (Wildman–Crippen LogP) is 3.77. The maximum absolute atomic E-state index is 12.5. The molecule has 168 valence electrons. The second-order valence-corrected chi connectivity index (χ2v) is 7.25. The first-order chi connectivity index (χ1) is 15.5. The molecule has 0 saturated carbocycles. The molecule has 3 aromatic rings. The van der Waals surface area contributed by atoms with Gasteiger partial charge in [-0.3, -0.25) is 14.4 Å². The van der Waals surface area contributed by atoms with Gasteiger partial charge in [-0.15, -0.1) is 0 Å². The van der Waals surface area contributed by atoms with Gasteiger partial charge in [-0.2, -0.15) is 0 Å². The van der Waals surface area contributed by atoms with Crippen LogP contribution in [0.2, 0.25) is 0 Å². The smallest absolute Gasteiger partial charge is 0.291 e. The third-order valence-corrected chi connectivity index (χ3v) is 4.83. The molecule has 0 bridgehead atoms. The van der Waals surface area contributed by atoms with Crippen LogP contribution < -0.4 is 26.1 Å². The molecule has 0 atom stereocenters. The van der Waals surface area contributed by atoms with Crippen LogP contribution in [0.4, 0.5) is 11.4 Å². The first kappa shape index (κ1) is 22.9. The second kappa shape index (κ2) is 11.0. The Labute approximate surface area is 186 Å². The molecule has 0 aliphatic carbocycles. The van der Waals surface area contributed by atoms with Crippen molar-refractivity contribution in [3.05, 3.63) is 64.5 Å². The van der Waals surface area contributed by atoms with Crippen LogP contribution in [0.25, 0.3) is 11.0 Å². The lowest BCUT2D eigenvalue weighted by molar-refractivity contribution is -0.121. The summed E-state index contributed by atoms with van der Waals surface area (Å²) in [6.07, 6.45) is 2.44. The molecule has 0 aliphatic rings. The largest absolute Gasteiger partial charge is 0.497 e. The van der Waals surface area contributed by atoms with Gasteiger partial charge in [-0.1, -0.05) is 13.3 Å². The third kappa shape index (κ3) is 6.10. The number of rotatable bonds is 10.